The van der Waals surface area contributed by atoms with Crippen LogP contribution in [0.3, 0.4) is 0 Å². The predicted octanol–water partition coefficient (Wildman–Crippen LogP) is 5.53. The van der Waals surface area contributed by atoms with Crippen molar-refractivity contribution in [2.45, 2.75) is 5.75 Å². The predicted molar refractivity (Wildman–Crippen MR) is 113 cm³/mol. The molecular weight excluding hydrogens is 356 g/mol. The van der Waals surface area contributed by atoms with Crippen molar-refractivity contribution in [2.75, 3.05) is 17.6 Å². The van der Waals surface area contributed by atoms with Gasteiger partial charge in [0.1, 0.15) is 11.5 Å². The first-order valence-electron chi connectivity index (χ1n) is 8.79. The van der Waals surface area contributed by atoms with E-state index in [-0.39, 0.29) is 6.03 Å². The molecule has 0 bridgehead atoms. The van der Waals surface area contributed by atoms with Crippen LogP contribution >= 0.6 is 11.8 Å². The Kier molecular flexibility index (Phi) is 7.18. The number of hydrogen-bond acceptors (Lipinski definition) is 3. The molecule has 27 heavy (non-hydrogen) atoms. The largest absolute Gasteiger partial charge is 0.457 e. The average Bonchev–Trinajstić information content (AvgIpc) is 2.71. The number of hydrogen-bond donors (Lipinski definition) is 2. The van der Waals surface area contributed by atoms with E-state index in [2.05, 4.69) is 22.8 Å². The summed E-state index contributed by atoms with van der Waals surface area (Å²) < 4.78 is 5.74. The van der Waals surface area contributed by atoms with Crippen molar-refractivity contribution < 1.29 is 9.53 Å². The van der Waals surface area contributed by atoms with Gasteiger partial charge >= 0.3 is 6.03 Å². The van der Waals surface area contributed by atoms with Gasteiger partial charge in [-0.2, -0.15) is 11.8 Å². The highest BCUT2D eigenvalue weighted by Gasteiger charge is 2.02. The highest BCUT2D eigenvalue weighted by Crippen LogP contribution is 2.22. The molecule has 0 spiro atoms. The van der Waals surface area contributed by atoms with E-state index in [4.69, 9.17) is 4.74 Å². The topological polar surface area (TPSA) is 50.4 Å². The van der Waals surface area contributed by atoms with Gasteiger partial charge in [0.05, 0.1) is 0 Å². The Hall–Kier alpha value is -2.92. The first-order valence-corrected chi connectivity index (χ1v) is 9.94. The van der Waals surface area contributed by atoms with Gasteiger partial charge in [0.2, 0.25) is 0 Å². The highest BCUT2D eigenvalue weighted by atomic mass is 32.2. The number of anilines is 1. The van der Waals surface area contributed by atoms with Crippen LogP contribution in [0.2, 0.25) is 0 Å². The first-order chi connectivity index (χ1) is 13.3. The summed E-state index contributed by atoms with van der Waals surface area (Å²) in [4.78, 5) is 12.0. The monoisotopic (exact) mass is 378 g/mol. The Morgan fingerprint density at radius 3 is 2.15 bits per heavy atom. The fraction of sp³-hybridized carbons (Fsp3) is 0.136. The molecule has 0 heterocycles. The Balaban J connectivity index is 1.35. The summed E-state index contributed by atoms with van der Waals surface area (Å²) in [7, 11) is 0. The molecule has 3 rings (SSSR count). The number of benzene rings is 3. The van der Waals surface area contributed by atoms with Crippen LogP contribution < -0.4 is 15.4 Å². The van der Waals surface area contributed by atoms with E-state index in [0.29, 0.717) is 6.54 Å². The fourth-order valence-electron chi connectivity index (χ4n) is 2.41. The van der Waals surface area contributed by atoms with Gasteiger partial charge in [-0.25, -0.2) is 4.79 Å². The molecule has 0 unspecified atom stereocenters. The standard InChI is InChI=1S/C22H22N2O2S/c25-22(23-15-16-27-17-18-7-3-1-4-8-18)24-19-11-13-21(14-12-19)26-20-9-5-2-6-10-20/h1-14H,15-17H2,(H2,23,24,25). The summed E-state index contributed by atoms with van der Waals surface area (Å²) >= 11 is 1.80. The number of para-hydroxylation sites is 1. The van der Waals surface area contributed by atoms with E-state index < -0.39 is 0 Å². The first kappa shape index (κ1) is 18.9. The molecule has 3 aromatic rings. The molecular formula is C22H22N2O2S. The molecule has 0 aliphatic heterocycles. The average molecular weight is 378 g/mol. The van der Waals surface area contributed by atoms with Crippen molar-refractivity contribution in [1.82, 2.24) is 5.32 Å². The molecule has 0 fully saturated rings. The van der Waals surface area contributed by atoms with E-state index in [9.17, 15) is 4.79 Å². The zero-order chi connectivity index (χ0) is 18.7. The third-order valence-corrected chi connectivity index (χ3v) is 4.76. The van der Waals surface area contributed by atoms with Gasteiger partial charge in [-0.1, -0.05) is 48.5 Å². The van der Waals surface area contributed by atoms with Crippen molar-refractivity contribution >= 4 is 23.5 Å². The molecule has 138 valence electrons. The number of amides is 2. The number of carbonyl (C=O) groups excluding carboxylic acids is 1. The zero-order valence-corrected chi connectivity index (χ0v) is 15.7. The fourth-order valence-corrected chi connectivity index (χ4v) is 3.23. The van der Waals surface area contributed by atoms with E-state index in [1.165, 1.54) is 5.56 Å². The molecule has 0 aliphatic carbocycles. The van der Waals surface area contributed by atoms with Crippen LogP contribution in [0, 0.1) is 0 Å². The van der Waals surface area contributed by atoms with Crippen molar-refractivity contribution in [3.8, 4) is 11.5 Å². The van der Waals surface area contributed by atoms with E-state index >= 15 is 0 Å². The number of rotatable bonds is 8. The molecule has 3 aromatic carbocycles. The number of ether oxygens (including phenoxy) is 1. The summed E-state index contributed by atoms with van der Waals surface area (Å²) in [6.07, 6.45) is 0. The van der Waals surface area contributed by atoms with Crippen LogP contribution in [0.4, 0.5) is 10.5 Å². The van der Waals surface area contributed by atoms with Crippen molar-refractivity contribution in [3.63, 3.8) is 0 Å². The van der Waals surface area contributed by atoms with Gasteiger partial charge in [0.15, 0.2) is 0 Å². The van der Waals surface area contributed by atoms with Crippen LogP contribution in [-0.4, -0.2) is 18.3 Å². The van der Waals surface area contributed by atoms with Gasteiger partial charge in [-0.15, -0.1) is 0 Å². The van der Waals surface area contributed by atoms with Gasteiger partial charge in [0.25, 0.3) is 0 Å². The van der Waals surface area contributed by atoms with Gasteiger partial charge < -0.3 is 15.4 Å². The molecule has 0 radical (unpaired) electrons. The van der Waals surface area contributed by atoms with Crippen molar-refractivity contribution in [2.24, 2.45) is 0 Å². The van der Waals surface area contributed by atoms with E-state index in [1.54, 1.807) is 11.8 Å². The Labute approximate surface area is 164 Å². The quantitative estimate of drug-likeness (QED) is 0.507. The second-order valence-electron chi connectivity index (χ2n) is 5.86. The van der Waals surface area contributed by atoms with Crippen molar-refractivity contribution in [1.29, 1.82) is 0 Å². The van der Waals surface area contributed by atoms with Gasteiger partial charge in [-0.3, -0.25) is 0 Å². The Morgan fingerprint density at radius 2 is 1.44 bits per heavy atom. The summed E-state index contributed by atoms with van der Waals surface area (Å²) in [5, 5.41) is 5.70. The number of thioether (sulfide) groups is 1. The Bertz CT molecular complexity index is 824. The molecule has 2 amide bonds. The van der Waals surface area contributed by atoms with Gasteiger partial charge in [-0.05, 0) is 42.0 Å². The molecule has 5 heteroatoms. The number of carbonyl (C=O) groups is 1. The second-order valence-corrected chi connectivity index (χ2v) is 6.96. The van der Waals surface area contributed by atoms with Crippen LogP contribution in [0.5, 0.6) is 11.5 Å². The lowest BCUT2D eigenvalue weighted by atomic mass is 10.2. The lowest BCUT2D eigenvalue weighted by Gasteiger charge is -2.09. The molecule has 0 aliphatic rings. The molecule has 0 saturated heterocycles. The minimum atomic E-state index is -0.202. The maximum atomic E-state index is 12.0. The summed E-state index contributed by atoms with van der Waals surface area (Å²) in [5.41, 5.74) is 2.02. The zero-order valence-electron chi connectivity index (χ0n) is 14.9. The second kappa shape index (κ2) is 10.3. The Morgan fingerprint density at radius 1 is 0.815 bits per heavy atom. The van der Waals surface area contributed by atoms with Crippen molar-refractivity contribution in [3.05, 3.63) is 90.5 Å². The third kappa shape index (κ3) is 6.72. The van der Waals surface area contributed by atoms with Crippen LogP contribution in [0.25, 0.3) is 0 Å². The third-order valence-electron chi connectivity index (χ3n) is 3.73. The smallest absolute Gasteiger partial charge is 0.319 e. The van der Waals surface area contributed by atoms with E-state index in [1.807, 2.05) is 72.8 Å². The molecule has 0 saturated carbocycles. The maximum absolute atomic E-state index is 12.0. The summed E-state index contributed by atoms with van der Waals surface area (Å²) in [5.74, 6) is 3.33. The SMILES string of the molecule is O=C(NCCSCc1ccccc1)Nc1ccc(Oc2ccccc2)cc1. The van der Waals surface area contributed by atoms with Gasteiger partial charge in [0, 0.05) is 23.7 Å². The maximum Gasteiger partial charge on any atom is 0.319 e. The number of nitrogens with one attached hydrogen (secondary N) is 2. The van der Waals surface area contributed by atoms with E-state index in [0.717, 1.165) is 28.7 Å². The minimum Gasteiger partial charge on any atom is -0.457 e. The number of urea groups is 1. The van der Waals surface area contributed by atoms with Crippen LogP contribution in [0.15, 0.2) is 84.9 Å². The van der Waals surface area contributed by atoms with Crippen LogP contribution in [-0.2, 0) is 5.75 Å². The minimum absolute atomic E-state index is 0.202. The summed E-state index contributed by atoms with van der Waals surface area (Å²) in [6.45, 7) is 0.624. The normalized spacial score (nSPS) is 10.2. The lowest BCUT2D eigenvalue weighted by molar-refractivity contribution is 0.252. The molecule has 0 aromatic heterocycles. The molecule has 0 atom stereocenters. The lowest BCUT2D eigenvalue weighted by Crippen LogP contribution is -2.30. The molecule has 2 N–H and O–H groups in total. The molecule has 4 nitrogen and oxygen atoms in total. The van der Waals surface area contributed by atoms with Crippen LogP contribution in [0.1, 0.15) is 5.56 Å². The highest BCUT2D eigenvalue weighted by molar-refractivity contribution is 7.98. The summed E-state index contributed by atoms with van der Waals surface area (Å²) in [6, 6.07) is 27.0.